The molecule has 0 aromatic carbocycles. The lowest BCUT2D eigenvalue weighted by molar-refractivity contribution is 0.592. The van der Waals surface area contributed by atoms with Gasteiger partial charge >= 0.3 is 0 Å². The molecule has 0 N–H and O–H groups in total. The number of hydrogen-bond acceptors (Lipinski definition) is 3. The van der Waals surface area contributed by atoms with Crippen molar-refractivity contribution in [1.29, 1.82) is 5.26 Å². The molecule has 94 valence electrons. The third kappa shape index (κ3) is 2.18. The van der Waals surface area contributed by atoms with Gasteiger partial charge in [-0.1, -0.05) is 6.92 Å². The molecule has 0 aliphatic rings. The number of imidazole rings is 1. The molecule has 0 aliphatic carbocycles. The van der Waals surface area contributed by atoms with Crippen molar-refractivity contribution in [3.8, 4) is 6.07 Å². The Morgan fingerprint density at radius 2 is 2.22 bits per heavy atom. The summed E-state index contributed by atoms with van der Waals surface area (Å²) in [6.07, 6.45) is 4.33. The Labute approximate surface area is 114 Å². The van der Waals surface area contributed by atoms with Crippen LogP contribution in [0, 0.1) is 11.3 Å². The smallest absolute Gasteiger partial charge is 0.213 e. The average molecular weight is 308 g/mol. The molecule has 0 unspecified atom stereocenters. The minimum atomic E-state index is 0.420. The van der Waals surface area contributed by atoms with Crippen molar-refractivity contribution in [2.75, 3.05) is 0 Å². The minimum Gasteiger partial charge on any atom is -0.317 e. The zero-order chi connectivity index (χ0) is 13.1. The van der Waals surface area contributed by atoms with Crippen molar-refractivity contribution in [3.05, 3.63) is 34.1 Å². The highest BCUT2D eigenvalue weighted by Crippen LogP contribution is 2.23. The number of nitrogens with zero attached hydrogens (tertiary/aromatic N) is 5. The van der Waals surface area contributed by atoms with E-state index in [1.807, 2.05) is 15.4 Å². The maximum Gasteiger partial charge on any atom is 0.213 e. The molecule has 0 amide bonds. The maximum atomic E-state index is 8.97. The van der Waals surface area contributed by atoms with E-state index in [-0.39, 0.29) is 0 Å². The zero-order valence-corrected chi connectivity index (χ0v) is 12.0. The monoisotopic (exact) mass is 307 g/mol. The van der Waals surface area contributed by atoms with Gasteiger partial charge in [0.25, 0.3) is 0 Å². The molecule has 2 aromatic rings. The van der Waals surface area contributed by atoms with E-state index in [1.165, 1.54) is 0 Å². The third-order valence-corrected chi connectivity index (χ3v) is 3.75. The molecular formula is C12H14BrN5. The first kappa shape index (κ1) is 12.8. The van der Waals surface area contributed by atoms with E-state index in [4.69, 9.17) is 5.26 Å². The quantitative estimate of drug-likeness (QED) is 0.871. The molecule has 5 nitrogen and oxygen atoms in total. The minimum absolute atomic E-state index is 0.420. The van der Waals surface area contributed by atoms with E-state index in [0.717, 1.165) is 28.8 Å². The Hall–Kier alpha value is -1.61. The van der Waals surface area contributed by atoms with E-state index in [9.17, 15) is 0 Å². The predicted octanol–water partition coefficient (Wildman–Crippen LogP) is 2.34. The van der Waals surface area contributed by atoms with Crippen LogP contribution in [0.1, 0.15) is 31.1 Å². The zero-order valence-electron chi connectivity index (χ0n) is 10.4. The number of hydrogen-bond donors (Lipinski definition) is 0. The standard InChI is InChI=1S/C12H14BrN5/c1-3-9-12(13)10(18(4-2)16-9)8-17-6-5-15-11(17)7-14/h5-6H,3-4,8H2,1-2H3. The van der Waals surface area contributed by atoms with E-state index in [0.29, 0.717) is 12.4 Å². The first-order valence-electron chi connectivity index (χ1n) is 5.86. The summed E-state index contributed by atoms with van der Waals surface area (Å²) in [5.74, 6) is 0.420. The van der Waals surface area contributed by atoms with Gasteiger partial charge in [-0.15, -0.1) is 0 Å². The molecule has 18 heavy (non-hydrogen) atoms. The van der Waals surface area contributed by atoms with E-state index >= 15 is 0 Å². The summed E-state index contributed by atoms with van der Waals surface area (Å²) in [5, 5.41) is 13.5. The van der Waals surface area contributed by atoms with Crippen molar-refractivity contribution in [1.82, 2.24) is 19.3 Å². The van der Waals surface area contributed by atoms with Crippen molar-refractivity contribution in [2.24, 2.45) is 0 Å². The number of aromatic nitrogens is 4. The predicted molar refractivity (Wildman–Crippen MR) is 71.0 cm³/mol. The topological polar surface area (TPSA) is 59.4 Å². The first-order chi connectivity index (χ1) is 8.71. The number of halogens is 1. The van der Waals surface area contributed by atoms with Gasteiger partial charge in [0, 0.05) is 18.9 Å². The van der Waals surface area contributed by atoms with Gasteiger partial charge in [-0.25, -0.2) is 4.98 Å². The van der Waals surface area contributed by atoms with Crippen LogP contribution < -0.4 is 0 Å². The number of nitriles is 1. The molecule has 0 saturated heterocycles. The molecule has 0 spiro atoms. The summed E-state index contributed by atoms with van der Waals surface area (Å²) in [6.45, 7) is 5.55. The summed E-state index contributed by atoms with van der Waals surface area (Å²) >= 11 is 3.60. The van der Waals surface area contributed by atoms with Gasteiger partial charge in [0.2, 0.25) is 5.82 Å². The second kappa shape index (κ2) is 5.36. The Balaban J connectivity index is 2.40. The molecule has 0 radical (unpaired) electrons. The molecular weight excluding hydrogens is 294 g/mol. The third-order valence-electron chi connectivity index (χ3n) is 2.83. The van der Waals surface area contributed by atoms with Crippen LogP contribution in [0.3, 0.4) is 0 Å². The van der Waals surface area contributed by atoms with Gasteiger partial charge in [0.15, 0.2) is 0 Å². The fourth-order valence-corrected chi connectivity index (χ4v) is 2.57. The largest absolute Gasteiger partial charge is 0.317 e. The molecule has 6 heteroatoms. The second-order valence-corrected chi connectivity index (χ2v) is 4.66. The van der Waals surface area contributed by atoms with Crippen LogP contribution in [0.15, 0.2) is 16.9 Å². The molecule has 0 atom stereocenters. The van der Waals surface area contributed by atoms with E-state index in [1.54, 1.807) is 6.20 Å². The SMILES string of the molecule is CCc1nn(CC)c(Cn2ccnc2C#N)c1Br. The van der Waals surface area contributed by atoms with Crippen molar-refractivity contribution >= 4 is 15.9 Å². The summed E-state index contributed by atoms with van der Waals surface area (Å²) in [4.78, 5) is 4.00. The van der Waals surface area contributed by atoms with Crippen LogP contribution in [0.2, 0.25) is 0 Å². The van der Waals surface area contributed by atoms with Crippen LogP contribution in [0.25, 0.3) is 0 Å². The summed E-state index contributed by atoms with van der Waals surface area (Å²) in [5.41, 5.74) is 2.12. The Bertz CT molecular complexity index is 590. The summed E-state index contributed by atoms with van der Waals surface area (Å²) < 4.78 is 4.82. The fourth-order valence-electron chi connectivity index (χ4n) is 1.88. The van der Waals surface area contributed by atoms with Crippen molar-refractivity contribution in [2.45, 2.75) is 33.4 Å². The normalized spacial score (nSPS) is 10.6. The number of rotatable bonds is 4. The van der Waals surface area contributed by atoms with Gasteiger partial charge in [-0.05, 0) is 29.3 Å². The Morgan fingerprint density at radius 3 is 2.83 bits per heavy atom. The molecule has 0 aliphatic heterocycles. The molecule has 2 aromatic heterocycles. The average Bonchev–Trinajstić information content (AvgIpc) is 2.95. The van der Waals surface area contributed by atoms with Crippen molar-refractivity contribution in [3.63, 3.8) is 0 Å². The van der Waals surface area contributed by atoms with Gasteiger partial charge in [0.05, 0.1) is 22.4 Å². The van der Waals surface area contributed by atoms with Gasteiger partial charge in [0.1, 0.15) is 6.07 Å². The highest BCUT2D eigenvalue weighted by atomic mass is 79.9. The highest BCUT2D eigenvalue weighted by molar-refractivity contribution is 9.10. The lowest BCUT2D eigenvalue weighted by Gasteiger charge is -2.07. The maximum absolute atomic E-state index is 8.97. The van der Waals surface area contributed by atoms with Gasteiger partial charge in [-0.3, -0.25) is 4.68 Å². The lowest BCUT2D eigenvalue weighted by atomic mass is 10.3. The van der Waals surface area contributed by atoms with Crippen LogP contribution >= 0.6 is 15.9 Å². The van der Waals surface area contributed by atoms with E-state index < -0.39 is 0 Å². The molecule has 0 saturated carbocycles. The van der Waals surface area contributed by atoms with E-state index in [2.05, 4.69) is 45.9 Å². The number of aryl methyl sites for hydroxylation is 2. The molecule has 0 bridgehead atoms. The van der Waals surface area contributed by atoms with Crippen LogP contribution in [-0.2, 0) is 19.5 Å². The van der Waals surface area contributed by atoms with Crippen LogP contribution in [-0.4, -0.2) is 19.3 Å². The lowest BCUT2D eigenvalue weighted by Crippen LogP contribution is -2.09. The van der Waals surface area contributed by atoms with Gasteiger partial charge < -0.3 is 4.57 Å². The molecule has 0 fully saturated rings. The second-order valence-electron chi connectivity index (χ2n) is 3.87. The summed E-state index contributed by atoms with van der Waals surface area (Å²) in [6, 6.07) is 2.08. The Kier molecular flexibility index (Phi) is 3.82. The van der Waals surface area contributed by atoms with Crippen molar-refractivity contribution < 1.29 is 0 Å². The molecule has 2 heterocycles. The summed E-state index contributed by atoms with van der Waals surface area (Å²) in [7, 11) is 0. The highest BCUT2D eigenvalue weighted by Gasteiger charge is 2.15. The van der Waals surface area contributed by atoms with Crippen LogP contribution in [0.5, 0.6) is 0 Å². The first-order valence-corrected chi connectivity index (χ1v) is 6.65. The molecule has 2 rings (SSSR count). The Morgan fingerprint density at radius 1 is 1.44 bits per heavy atom. The van der Waals surface area contributed by atoms with Crippen LogP contribution in [0.4, 0.5) is 0 Å². The fraction of sp³-hybridized carbons (Fsp3) is 0.417. The van der Waals surface area contributed by atoms with Gasteiger partial charge in [-0.2, -0.15) is 10.4 Å².